The van der Waals surface area contributed by atoms with E-state index in [2.05, 4.69) is 10.6 Å². The van der Waals surface area contributed by atoms with Crippen molar-refractivity contribution in [3.05, 3.63) is 53.6 Å². The van der Waals surface area contributed by atoms with E-state index < -0.39 is 15.9 Å². The quantitative estimate of drug-likeness (QED) is 0.496. The first-order valence-corrected chi connectivity index (χ1v) is 12.7. The van der Waals surface area contributed by atoms with Crippen molar-refractivity contribution in [2.75, 3.05) is 45.8 Å². The normalized spacial score (nSPS) is 14.4. The van der Waals surface area contributed by atoms with Crippen molar-refractivity contribution in [1.29, 1.82) is 0 Å². The van der Waals surface area contributed by atoms with Gasteiger partial charge in [0.1, 0.15) is 5.75 Å². The highest BCUT2D eigenvalue weighted by Crippen LogP contribution is 2.27. The smallest absolute Gasteiger partial charge is 0.259 e. The molecule has 1 fully saturated rings. The highest BCUT2D eigenvalue weighted by Gasteiger charge is 2.28. The summed E-state index contributed by atoms with van der Waals surface area (Å²) in [6.45, 7) is 1.87. The molecule has 34 heavy (non-hydrogen) atoms. The second-order valence-electron chi connectivity index (χ2n) is 7.93. The van der Waals surface area contributed by atoms with E-state index in [1.807, 2.05) is 0 Å². The van der Waals surface area contributed by atoms with Crippen LogP contribution in [0.4, 0.5) is 5.69 Å². The number of amides is 2. The predicted molar refractivity (Wildman–Crippen MR) is 129 cm³/mol. The van der Waals surface area contributed by atoms with Crippen LogP contribution in [0.15, 0.2) is 47.4 Å². The minimum atomic E-state index is -3.73. The SMILES string of the molecule is COCCCNC(=O)c1ccccc1NC(=O)c1cc(S(=O)(=O)N2CCCCC2)ccc1OC. The lowest BCUT2D eigenvalue weighted by Gasteiger charge is -2.26. The zero-order valence-corrected chi connectivity index (χ0v) is 20.3. The van der Waals surface area contributed by atoms with Crippen LogP contribution in [0.3, 0.4) is 0 Å². The average molecular weight is 490 g/mol. The molecule has 0 radical (unpaired) electrons. The van der Waals surface area contributed by atoms with E-state index in [1.54, 1.807) is 31.4 Å². The number of piperidine rings is 1. The Morgan fingerprint density at radius 1 is 0.971 bits per heavy atom. The molecule has 0 unspecified atom stereocenters. The van der Waals surface area contributed by atoms with Gasteiger partial charge in [0.25, 0.3) is 11.8 Å². The Kier molecular flexibility index (Phi) is 9.03. The fourth-order valence-electron chi connectivity index (χ4n) is 3.77. The number of ether oxygens (including phenoxy) is 2. The van der Waals surface area contributed by atoms with Gasteiger partial charge in [-0.15, -0.1) is 0 Å². The molecule has 1 saturated heterocycles. The molecule has 2 aromatic rings. The fourth-order valence-corrected chi connectivity index (χ4v) is 5.32. The van der Waals surface area contributed by atoms with Gasteiger partial charge in [-0.05, 0) is 49.6 Å². The molecule has 10 heteroatoms. The molecule has 0 spiro atoms. The standard InChI is InChI=1S/C24H31N3O6S/c1-32-16-8-13-25-23(28)19-9-4-5-10-21(19)26-24(29)20-17-18(11-12-22(20)33-2)34(30,31)27-14-6-3-7-15-27/h4-5,9-12,17H,3,6-8,13-16H2,1-2H3,(H,25,28)(H,26,29). The van der Waals surface area contributed by atoms with Crippen LogP contribution in [0.1, 0.15) is 46.4 Å². The van der Waals surface area contributed by atoms with Crippen molar-refractivity contribution >= 4 is 27.5 Å². The summed E-state index contributed by atoms with van der Waals surface area (Å²) >= 11 is 0. The number of nitrogens with zero attached hydrogens (tertiary/aromatic N) is 1. The van der Waals surface area contributed by atoms with Gasteiger partial charge in [-0.25, -0.2) is 8.42 Å². The molecule has 0 saturated carbocycles. The van der Waals surface area contributed by atoms with E-state index in [0.717, 1.165) is 19.3 Å². The fraction of sp³-hybridized carbons (Fsp3) is 0.417. The number of hydrogen-bond donors (Lipinski definition) is 2. The summed E-state index contributed by atoms with van der Waals surface area (Å²) in [6, 6.07) is 10.9. The molecule has 1 aliphatic rings. The zero-order valence-electron chi connectivity index (χ0n) is 19.5. The largest absolute Gasteiger partial charge is 0.496 e. The molecule has 0 aromatic heterocycles. The predicted octanol–water partition coefficient (Wildman–Crippen LogP) is 2.89. The number of hydrogen-bond acceptors (Lipinski definition) is 6. The summed E-state index contributed by atoms with van der Waals surface area (Å²) in [6.07, 6.45) is 3.29. The summed E-state index contributed by atoms with van der Waals surface area (Å²) in [7, 11) is -0.729. The maximum Gasteiger partial charge on any atom is 0.259 e. The Labute approximate surface area is 200 Å². The van der Waals surface area contributed by atoms with E-state index in [1.165, 1.54) is 29.6 Å². The van der Waals surface area contributed by atoms with Gasteiger partial charge < -0.3 is 20.1 Å². The summed E-state index contributed by atoms with van der Waals surface area (Å²) in [5, 5.41) is 5.52. The number of rotatable bonds is 10. The molecule has 0 aliphatic carbocycles. The summed E-state index contributed by atoms with van der Waals surface area (Å²) in [5.74, 6) is -0.677. The number of para-hydroxylation sites is 1. The second kappa shape index (κ2) is 12.0. The molecule has 2 amide bonds. The first-order valence-electron chi connectivity index (χ1n) is 11.2. The van der Waals surface area contributed by atoms with Crippen molar-refractivity contribution in [2.24, 2.45) is 0 Å². The van der Waals surface area contributed by atoms with Gasteiger partial charge in [0.05, 0.1) is 28.8 Å². The molecule has 0 atom stereocenters. The third-order valence-corrected chi connectivity index (χ3v) is 7.49. The van der Waals surface area contributed by atoms with Gasteiger partial charge in [0.15, 0.2) is 0 Å². The van der Waals surface area contributed by atoms with Crippen LogP contribution in [0.25, 0.3) is 0 Å². The number of sulfonamides is 1. The van der Waals surface area contributed by atoms with Gasteiger partial charge >= 0.3 is 0 Å². The Morgan fingerprint density at radius 3 is 2.41 bits per heavy atom. The number of carbonyl (C=O) groups is 2. The van der Waals surface area contributed by atoms with Gasteiger partial charge in [-0.3, -0.25) is 9.59 Å². The van der Waals surface area contributed by atoms with Crippen LogP contribution in [-0.4, -0.2) is 65.0 Å². The molecule has 1 heterocycles. The Hall–Kier alpha value is -2.95. The lowest BCUT2D eigenvalue weighted by Crippen LogP contribution is -2.35. The lowest BCUT2D eigenvalue weighted by molar-refractivity contribution is 0.0949. The highest BCUT2D eigenvalue weighted by atomic mass is 32.2. The average Bonchev–Trinajstić information content (AvgIpc) is 2.87. The van der Waals surface area contributed by atoms with Crippen molar-refractivity contribution < 1.29 is 27.5 Å². The maximum atomic E-state index is 13.2. The minimum Gasteiger partial charge on any atom is -0.496 e. The van der Waals surface area contributed by atoms with Crippen molar-refractivity contribution in [1.82, 2.24) is 9.62 Å². The van der Waals surface area contributed by atoms with Crippen LogP contribution in [-0.2, 0) is 14.8 Å². The van der Waals surface area contributed by atoms with E-state index in [9.17, 15) is 18.0 Å². The molecular weight excluding hydrogens is 458 g/mol. The van der Waals surface area contributed by atoms with Crippen molar-refractivity contribution in [2.45, 2.75) is 30.6 Å². The molecule has 0 bridgehead atoms. The van der Waals surface area contributed by atoms with Crippen LogP contribution < -0.4 is 15.4 Å². The first-order chi connectivity index (χ1) is 16.4. The van der Waals surface area contributed by atoms with E-state index in [-0.39, 0.29) is 22.1 Å². The molecule has 1 aliphatic heterocycles. The number of benzene rings is 2. The van der Waals surface area contributed by atoms with E-state index >= 15 is 0 Å². The second-order valence-corrected chi connectivity index (χ2v) is 9.87. The number of nitrogens with one attached hydrogen (secondary N) is 2. The van der Waals surface area contributed by atoms with Gasteiger partial charge in [0, 0.05) is 33.4 Å². The molecular formula is C24H31N3O6S. The van der Waals surface area contributed by atoms with Gasteiger partial charge in [-0.1, -0.05) is 18.6 Å². The summed E-state index contributed by atoms with van der Waals surface area (Å²) < 4.78 is 37.9. The third-order valence-electron chi connectivity index (χ3n) is 5.60. The Balaban J connectivity index is 1.84. The Morgan fingerprint density at radius 2 is 1.71 bits per heavy atom. The minimum absolute atomic E-state index is 0.0320. The molecule has 2 aromatic carbocycles. The van der Waals surface area contributed by atoms with E-state index in [4.69, 9.17) is 9.47 Å². The summed E-state index contributed by atoms with van der Waals surface area (Å²) in [4.78, 5) is 25.8. The monoisotopic (exact) mass is 489 g/mol. The number of anilines is 1. The lowest BCUT2D eigenvalue weighted by atomic mass is 10.1. The zero-order chi connectivity index (χ0) is 24.6. The topological polar surface area (TPSA) is 114 Å². The van der Waals surface area contributed by atoms with Crippen LogP contribution >= 0.6 is 0 Å². The van der Waals surface area contributed by atoms with Crippen molar-refractivity contribution in [3.63, 3.8) is 0 Å². The Bertz CT molecular complexity index is 1110. The van der Waals surface area contributed by atoms with Crippen molar-refractivity contribution in [3.8, 4) is 5.75 Å². The summed E-state index contributed by atoms with van der Waals surface area (Å²) in [5.41, 5.74) is 0.670. The molecule has 2 N–H and O–H groups in total. The van der Waals surface area contributed by atoms with Gasteiger partial charge in [0.2, 0.25) is 10.0 Å². The maximum absolute atomic E-state index is 13.2. The van der Waals surface area contributed by atoms with E-state index in [0.29, 0.717) is 43.9 Å². The molecule has 9 nitrogen and oxygen atoms in total. The third kappa shape index (κ3) is 6.13. The molecule has 3 rings (SSSR count). The van der Waals surface area contributed by atoms with Crippen LogP contribution in [0.5, 0.6) is 5.75 Å². The molecule has 184 valence electrons. The highest BCUT2D eigenvalue weighted by molar-refractivity contribution is 7.89. The number of methoxy groups -OCH3 is 2. The van der Waals surface area contributed by atoms with Crippen LogP contribution in [0.2, 0.25) is 0 Å². The van der Waals surface area contributed by atoms with Crippen LogP contribution in [0, 0.1) is 0 Å². The van der Waals surface area contributed by atoms with Gasteiger partial charge in [-0.2, -0.15) is 4.31 Å². The first kappa shape index (κ1) is 25.7. The number of carbonyl (C=O) groups excluding carboxylic acids is 2.